The van der Waals surface area contributed by atoms with Gasteiger partial charge in [0, 0.05) is 0 Å². The van der Waals surface area contributed by atoms with Crippen LogP contribution >= 0.6 is 0 Å². The van der Waals surface area contributed by atoms with Gasteiger partial charge < -0.3 is 4.74 Å². The molecule has 0 fully saturated rings. The van der Waals surface area contributed by atoms with Crippen molar-refractivity contribution in [3.63, 3.8) is 0 Å². The first kappa shape index (κ1) is 15.4. The van der Waals surface area contributed by atoms with Gasteiger partial charge in [-0.1, -0.05) is 66.7 Å². The van der Waals surface area contributed by atoms with Crippen molar-refractivity contribution in [1.82, 2.24) is 0 Å². The summed E-state index contributed by atoms with van der Waals surface area (Å²) in [5, 5.41) is 0. The van der Waals surface area contributed by atoms with Gasteiger partial charge in [-0.15, -0.1) is 0 Å². The molecule has 4 rings (SSSR count). The molecule has 0 bridgehead atoms. The molecule has 122 valence electrons. The Morgan fingerprint density at radius 3 is 1.96 bits per heavy atom. The zero-order chi connectivity index (χ0) is 17.2. The number of fused-ring (bicyclic) bond motifs is 3. The molecule has 0 heterocycles. The van der Waals surface area contributed by atoms with Gasteiger partial charge in [-0.25, -0.2) is 0 Å². The van der Waals surface area contributed by atoms with Crippen LogP contribution in [0.4, 0.5) is 0 Å². The molecule has 0 unspecified atom stereocenters. The van der Waals surface area contributed by atoms with Crippen molar-refractivity contribution in [1.29, 1.82) is 0 Å². The lowest BCUT2D eigenvalue weighted by atomic mass is 9.92. The van der Waals surface area contributed by atoms with Crippen LogP contribution in [0.5, 0.6) is 5.75 Å². The normalized spacial score (nSPS) is 12.8. The molecule has 2 heteroatoms. The molecule has 2 nitrogen and oxygen atoms in total. The van der Waals surface area contributed by atoms with E-state index in [1.807, 2.05) is 54.6 Å². The van der Waals surface area contributed by atoms with Crippen LogP contribution in [0.25, 0.3) is 17.2 Å². The number of ketones is 1. The molecule has 0 spiro atoms. The van der Waals surface area contributed by atoms with E-state index in [0.717, 1.165) is 33.6 Å². The second-order valence-electron chi connectivity index (χ2n) is 6.12. The van der Waals surface area contributed by atoms with E-state index in [1.165, 1.54) is 0 Å². The molecule has 1 aliphatic rings. The Balaban J connectivity index is 1.66. The van der Waals surface area contributed by atoms with Gasteiger partial charge in [-0.05, 0) is 46.0 Å². The summed E-state index contributed by atoms with van der Waals surface area (Å²) in [5.41, 5.74) is 5.48. The van der Waals surface area contributed by atoms with E-state index in [0.29, 0.717) is 0 Å². The highest BCUT2D eigenvalue weighted by atomic mass is 16.5. The molecule has 3 aromatic rings. The summed E-state index contributed by atoms with van der Waals surface area (Å²) >= 11 is 0. The van der Waals surface area contributed by atoms with Crippen LogP contribution in [-0.2, 0) is 4.79 Å². The van der Waals surface area contributed by atoms with E-state index in [1.54, 1.807) is 13.2 Å². The number of allylic oxidation sites excluding steroid dienone is 1. The van der Waals surface area contributed by atoms with Crippen LogP contribution < -0.4 is 4.74 Å². The molecule has 0 atom stereocenters. The minimum atomic E-state index is -0.220. The summed E-state index contributed by atoms with van der Waals surface area (Å²) in [4.78, 5) is 13.0. The van der Waals surface area contributed by atoms with E-state index < -0.39 is 0 Å². The zero-order valence-corrected chi connectivity index (χ0v) is 14.0. The zero-order valence-electron chi connectivity index (χ0n) is 14.0. The van der Waals surface area contributed by atoms with Crippen LogP contribution in [0.15, 0.2) is 78.9 Å². The Bertz CT molecular complexity index is 906. The van der Waals surface area contributed by atoms with Crippen molar-refractivity contribution in [2.24, 2.45) is 0 Å². The Morgan fingerprint density at radius 2 is 1.40 bits per heavy atom. The maximum Gasteiger partial charge on any atom is 0.167 e. The average Bonchev–Trinajstić information content (AvgIpc) is 3.01. The van der Waals surface area contributed by atoms with Crippen molar-refractivity contribution in [2.45, 2.75) is 5.92 Å². The van der Waals surface area contributed by atoms with Gasteiger partial charge in [0.2, 0.25) is 0 Å². The van der Waals surface area contributed by atoms with E-state index in [9.17, 15) is 4.79 Å². The van der Waals surface area contributed by atoms with Crippen LogP contribution in [0, 0.1) is 0 Å². The number of carbonyl (C=O) groups excluding carboxylic acids is 1. The molecule has 0 radical (unpaired) electrons. The van der Waals surface area contributed by atoms with Gasteiger partial charge in [0.1, 0.15) is 5.75 Å². The van der Waals surface area contributed by atoms with Crippen molar-refractivity contribution >= 4 is 11.9 Å². The van der Waals surface area contributed by atoms with Gasteiger partial charge in [0.15, 0.2) is 5.78 Å². The third-order valence-corrected chi connectivity index (χ3v) is 4.67. The molecule has 0 saturated heterocycles. The fourth-order valence-corrected chi connectivity index (χ4v) is 3.45. The number of hydrogen-bond acceptors (Lipinski definition) is 2. The standard InChI is InChI=1S/C23H18O2/c1-25-17-13-10-16(11-14-17)12-15-22(24)23-20-8-4-2-6-18(20)19-7-3-5-9-21(19)23/h2-15,23H,1H3/b15-12+. The number of methoxy groups -OCH3 is 1. The fraction of sp³-hybridized carbons (Fsp3) is 0.0870. The summed E-state index contributed by atoms with van der Waals surface area (Å²) in [6.45, 7) is 0. The summed E-state index contributed by atoms with van der Waals surface area (Å²) in [5.74, 6) is 0.692. The Morgan fingerprint density at radius 1 is 0.840 bits per heavy atom. The minimum Gasteiger partial charge on any atom is -0.497 e. The van der Waals surface area contributed by atoms with Crippen molar-refractivity contribution < 1.29 is 9.53 Å². The summed E-state index contributed by atoms with van der Waals surface area (Å²) < 4.78 is 5.16. The van der Waals surface area contributed by atoms with Gasteiger partial charge in [0.25, 0.3) is 0 Å². The summed E-state index contributed by atoms with van der Waals surface area (Å²) in [6.07, 6.45) is 3.55. The van der Waals surface area contributed by atoms with Crippen LogP contribution in [0.3, 0.4) is 0 Å². The lowest BCUT2D eigenvalue weighted by Crippen LogP contribution is -2.08. The highest BCUT2D eigenvalue weighted by Gasteiger charge is 2.31. The fourth-order valence-electron chi connectivity index (χ4n) is 3.45. The van der Waals surface area contributed by atoms with Crippen molar-refractivity contribution in [3.8, 4) is 16.9 Å². The highest BCUT2D eigenvalue weighted by Crippen LogP contribution is 2.45. The SMILES string of the molecule is COc1ccc(/C=C/C(=O)C2c3ccccc3-c3ccccc32)cc1. The Kier molecular flexibility index (Phi) is 3.95. The topological polar surface area (TPSA) is 26.3 Å². The van der Waals surface area contributed by atoms with Gasteiger partial charge >= 0.3 is 0 Å². The predicted octanol–water partition coefficient (Wildman–Crippen LogP) is 5.09. The number of ether oxygens (including phenoxy) is 1. The second-order valence-corrected chi connectivity index (χ2v) is 6.12. The highest BCUT2D eigenvalue weighted by molar-refractivity contribution is 6.05. The molecule has 3 aromatic carbocycles. The molecule has 25 heavy (non-hydrogen) atoms. The molecular weight excluding hydrogens is 308 g/mol. The minimum absolute atomic E-state index is 0.105. The molecule has 0 N–H and O–H groups in total. The third-order valence-electron chi connectivity index (χ3n) is 4.67. The molecule has 1 aliphatic carbocycles. The first-order valence-electron chi connectivity index (χ1n) is 8.32. The van der Waals surface area contributed by atoms with Crippen LogP contribution in [0.1, 0.15) is 22.6 Å². The van der Waals surface area contributed by atoms with Crippen LogP contribution in [0.2, 0.25) is 0 Å². The van der Waals surface area contributed by atoms with Gasteiger partial charge in [0.05, 0.1) is 13.0 Å². The number of rotatable bonds is 4. The lowest BCUT2D eigenvalue weighted by Gasteiger charge is -2.09. The third kappa shape index (κ3) is 2.76. The van der Waals surface area contributed by atoms with Gasteiger partial charge in [-0.2, -0.15) is 0 Å². The van der Waals surface area contributed by atoms with E-state index >= 15 is 0 Å². The van der Waals surface area contributed by atoms with Crippen molar-refractivity contribution in [2.75, 3.05) is 7.11 Å². The maximum atomic E-state index is 13.0. The first-order valence-corrected chi connectivity index (χ1v) is 8.32. The van der Waals surface area contributed by atoms with E-state index in [-0.39, 0.29) is 11.7 Å². The predicted molar refractivity (Wildman–Crippen MR) is 101 cm³/mol. The quantitative estimate of drug-likeness (QED) is 0.624. The number of benzene rings is 3. The van der Waals surface area contributed by atoms with E-state index in [2.05, 4.69) is 24.3 Å². The molecule has 0 aromatic heterocycles. The average molecular weight is 326 g/mol. The van der Waals surface area contributed by atoms with Crippen LogP contribution in [-0.4, -0.2) is 12.9 Å². The molecule has 0 amide bonds. The smallest absolute Gasteiger partial charge is 0.167 e. The maximum absolute atomic E-state index is 13.0. The summed E-state index contributed by atoms with van der Waals surface area (Å²) in [7, 11) is 1.64. The lowest BCUT2D eigenvalue weighted by molar-refractivity contribution is -0.115. The molecular formula is C23H18O2. The summed E-state index contributed by atoms with van der Waals surface area (Å²) in [6, 6.07) is 24.0. The molecule has 0 aliphatic heterocycles. The Hall–Kier alpha value is -3.13. The van der Waals surface area contributed by atoms with E-state index in [4.69, 9.17) is 4.74 Å². The largest absolute Gasteiger partial charge is 0.497 e. The van der Waals surface area contributed by atoms with Crippen molar-refractivity contribution in [3.05, 3.63) is 95.6 Å². The monoisotopic (exact) mass is 326 g/mol. The Labute approximate surface area is 147 Å². The number of carbonyl (C=O) groups is 1. The second kappa shape index (κ2) is 6.40. The number of hydrogen-bond donors (Lipinski definition) is 0. The van der Waals surface area contributed by atoms with Gasteiger partial charge in [-0.3, -0.25) is 4.79 Å². The first-order chi connectivity index (χ1) is 12.3. The molecule has 0 saturated carbocycles.